The Labute approximate surface area is 92.4 Å². The van der Waals surface area contributed by atoms with Gasteiger partial charge >= 0.3 is 5.97 Å². The molecule has 0 spiro atoms. The molecule has 0 aromatic rings. The molecule has 5 N–H and O–H groups in total. The minimum absolute atomic E-state index is 0.0532. The summed E-state index contributed by atoms with van der Waals surface area (Å²) in [6.45, 7) is -0.379. The van der Waals surface area contributed by atoms with Crippen molar-refractivity contribution in [3.8, 4) is 0 Å². The van der Waals surface area contributed by atoms with Gasteiger partial charge in [0.2, 0.25) is 11.8 Å². The van der Waals surface area contributed by atoms with Crippen molar-refractivity contribution in [1.82, 2.24) is 4.90 Å². The molecule has 1 fully saturated rings. The highest BCUT2D eigenvalue weighted by Gasteiger charge is 2.36. The Morgan fingerprint density at radius 3 is 2.31 bits per heavy atom. The van der Waals surface area contributed by atoms with Crippen molar-refractivity contribution in [1.29, 1.82) is 0 Å². The standard InChI is InChI=1S/C9H15N3O4/c10-6(3-7(11)13)9(16)12(4-8(14)15)5-1-2-5/h5-6H,1-4,10H2,(H2,11,13)(H,14,15). The zero-order chi connectivity index (χ0) is 12.3. The fourth-order valence-electron chi connectivity index (χ4n) is 1.44. The zero-order valence-electron chi connectivity index (χ0n) is 8.76. The molecule has 1 unspecified atom stereocenters. The smallest absolute Gasteiger partial charge is 0.323 e. The number of carbonyl (C=O) groups is 3. The summed E-state index contributed by atoms with van der Waals surface area (Å²) in [5.41, 5.74) is 10.4. The topological polar surface area (TPSA) is 127 Å². The molecule has 0 aromatic heterocycles. The Morgan fingerprint density at radius 2 is 1.94 bits per heavy atom. The summed E-state index contributed by atoms with van der Waals surface area (Å²) in [5.74, 6) is -2.29. The van der Waals surface area contributed by atoms with Crippen LogP contribution in [-0.2, 0) is 14.4 Å². The molecule has 90 valence electrons. The second-order valence-corrected chi connectivity index (χ2v) is 3.87. The zero-order valence-corrected chi connectivity index (χ0v) is 8.76. The van der Waals surface area contributed by atoms with Crippen LogP contribution in [-0.4, -0.2) is 46.4 Å². The number of carboxylic acids is 1. The van der Waals surface area contributed by atoms with Crippen LogP contribution in [0.4, 0.5) is 0 Å². The molecule has 1 aliphatic rings. The quantitative estimate of drug-likeness (QED) is 0.498. The van der Waals surface area contributed by atoms with Crippen LogP contribution in [0.3, 0.4) is 0 Å². The normalized spacial score (nSPS) is 16.6. The van der Waals surface area contributed by atoms with Gasteiger partial charge in [0, 0.05) is 6.04 Å². The summed E-state index contributed by atoms with van der Waals surface area (Å²) >= 11 is 0. The molecule has 0 heterocycles. The molecule has 7 heteroatoms. The molecule has 1 aliphatic carbocycles. The maximum absolute atomic E-state index is 11.7. The van der Waals surface area contributed by atoms with Crippen molar-refractivity contribution in [3.05, 3.63) is 0 Å². The number of carboxylic acid groups (broad SMARTS) is 1. The lowest BCUT2D eigenvalue weighted by Crippen LogP contribution is -2.48. The van der Waals surface area contributed by atoms with Crippen LogP contribution in [0.2, 0.25) is 0 Å². The van der Waals surface area contributed by atoms with Crippen molar-refractivity contribution in [2.24, 2.45) is 11.5 Å². The van der Waals surface area contributed by atoms with E-state index in [1.54, 1.807) is 0 Å². The molecule has 1 rings (SSSR count). The van der Waals surface area contributed by atoms with Crippen molar-refractivity contribution in [2.45, 2.75) is 31.3 Å². The Kier molecular flexibility index (Phi) is 3.83. The first-order chi connectivity index (χ1) is 7.41. The van der Waals surface area contributed by atoms with Crippen molar-refractivity contribution in [3.63, 3.8) is 0 Å². The molecular formula is C9H15N3O4. The van der Waals surface area contributed by atoms with E-state index >= 15 is 0 Å². The second kappa shape index (κ2) is 4.93. The first-order valence-electron chi connectivity index (χ1n) is 4.98. The van der Waals surface area contributed by atoms with Crippen LogP contribution in [0.15, 0.2) is 0 Å². The van der Waals surface area contributed by atoms with Gasteiger partial charge in [-0.1, -0.05) is 0 Å². The van der Waals surface area contributed by atoms with Crippen molar-refractivity contribution < 1.29 is 19.5 Å². The second-order valence-electron chi connectivity index (χ2n) is 3.87. The molecule has 7 nitrogen and oxygen atoms in total. The van der Waals surface area contributed by atoms with Crippen LogP contribution in [0.5, 0.6) is 0 Å². The van der Waals surface area contributed by atoms with Gasteiger partial charge in [-0.2, -0.15) is 0 Å². The highest BCUT2D eigenvalue weighted by Crippen LogP contribution is 2.27. The molecule has 1 saturated carbocycles. The number of rotatable bonds is 6. The molecule has 2 amide bonds. The predicted octanol–water partition coefficient (Wildman–Crippen LogP) is -1.74. The Morgan fingerprint density at radius 1 is 1.38 bits per heavy atom. The van der Waals surface area contributed by atoms with E-state index < -0.39 is 23.8 Å². The average Bonchev–Trinajstić information content (AvgIpc) is 2.94. The number of aliphatic carboxylic acids is 1. The van der Waals surface area contributed by atoms with E-state index in [0.717, 1.165) is 12.8 Å². The van der Waals surface area contributed by atoms with Crippen LogP contribution in [0.25, 0.3) is 0 Å². The largest absolute Gasteiger partial charge is 0.480 e. The van der Waals surface area contributed by atoms with Crippen molar-refractivity contribution in [2.75, 3.05) is 6.54 Å². The van der Waals surface area contributed by atoms with E-state index in [9.17, 15) is 14.4 Å². The van der Waals surface area contributed by atoms with Crippen LogP contribution in [0, 0.1) is 0 Å². The highest BCUT2D eigenvalue weighted by atomic mass is 16.4. The maximum Gasteiger partial charge on any atom is 0.323 e. The summed E-state index contributed by atoms with van der Waals surface area (Å²) < 4.78 is 0. The number of nitrogens with two attached hydrogens (primary N) is 2. The van der Waals surface area contributed by atoms with E-state index in [2.05, 4.69) is 0 Å². The first kappa shape index (κ1) is 12.4. The third-order valence-corrected chi connectivity index (χ3v) is 2.31. The van der Waals surface area contributed by atoms with Gasteiger partial charge in [-0.25, -0.2) is 0 Å². The molecule has 0 saturated heterocycles. The Balaban J connectivity index is 2.59. The summed E-state index contributed by atoms with van der Waals surface area (Å²) in [6, 6.07) is -1.10. The molecule has 0 radical (unpaired) electrons. The van der Waals surface area contributed by atoms with Gasteiger partial charge in [0.05, 0.1) is 12.5 Å². The lowest BCUT2D eigenvalue weighted by molar-refractivity contribution is -0.145. The number of hydrogen-bond acceptors (Lipinski definition) is 4. The van der Waals surface area contributed by atoms with Gasteiger partial charge in [-0.15, -0.1) is 0 Å². The monoisotopic (exact) mass is 229 g/mol. The van der Waals surface area contributed by atoms with Gasteiger partial charge in [0.15, 0.2) is 0 Å². The molecular weight excluding hydrogens is 214 g/mol. The summed E-state index contributed by atoms with van der Waals surface area (Å²) in [6.07, 6.45) is 1.30. The number of amides is 2. The maximum atomic E-state index is 11.7. The number of hydrogen-bond donors (Lipinski definition) is 3. The number of primary amides is 1. The van der Waals surface area contributed by atoms with Gasteiger partial charge in [0.1, 0.15) is 6.54 Å². The lowest BCUT2D eigenvalue weighted by atomic mass is 10.2. The lowest BCUT2D eigenvalue weighted by Gasteiger charge is -2.23. The predicted molar refractivity (Wildman–Crippen MR) is 54.2 cm³/mol. The van der Waals surface area contributed by atoms with Gasteiger partial charge < -0.3 is 21.5 Å². The first-order valence-corrected chi connectivity index (χ1v) is 4.98. The molecule has 16 heavy (non-hydrogen) atoms. The van der Waals surface area contributed by atoms with E-state index in [4.69, 9.17) is 16.6 Å². The van der Waals surface area contributed by atoms with E-state index in [0.29, 0.717) is 0 Å². The third-order valence-electron chi connectivity index (χ3n) is 2.31. The molecule has 1 atom stereocenters. The van der Waals surface area contributed by atoms with Crippen molar-refractivity contribution >= 4 is 17.8 Å². The van der Waals surface area contributed by atoms with E-state index in [1.807, 2.05) is 0 Å². The molecule has 0 aliphatic heterocycles. The molecule has 0 bridgehead atoms. The van der Waals surface area contributed by atoms with Crippen LogP contribution in [0.1, 0.15) is 19.3 Å². The average molecular weight is 229 g/mol. The van der Waals surface area contributed by atoms with Crippen LogP contribution >= 0.6 is 0 Å². The minimum Gasteiger partial charge on any atom is -0.480 e. The number of nitrogens with zero attached hydrogens (tertiary/aromatic N) is 1. The van der Waals surface area contributed by atoms with Crippen LogP contribution < -0.4 is 11.5 Å². The molecule has 0 aromatic carbocycles. The fraction of sp³-hybridized carbons (Fsp3) is 0.667. The van der Waals surface area contributed by atoms with E-state index in [-0.39, 0.29) is 19.0 Å². The van der Waals surface area contributed by atoms with Gasteiger partial charge in [-0.3, -0.25) is 14.4 Å². The summed E-state index contributed by atoms with van der Waals surface area (Å²) in [7, 11) is 0. The summed E-state index contributed by atoms with van der Waals surface area (Å²) in [4.78, 5) is 34.1. The Bertz CT molecular complexity index is 314. The fourth-order valence-corrected chi connectivity index (χ4v) is 1.44. The highest BCUT2D eigenvalue weighted by molar-refractivity contribution is 5.89. The SMILES string of the molecule is NC(=O)CC(N)C(=O)N(CC(=O)O)C1CC1. The number of carbonyl (C=O) groups excluding carboxylic acids is 2. The van der Waals surface area contributed by atoms with E-state index in [1.165, 1.54) is 4.90 Å². The van der Waals surface area contributed by atoms with Gasteiger partial charge in [-0.05, 0) is 12.8 Å². The summed E-state index contributed by atoms with van der Waals surface area (Å²) in [5, 5.41) is 8.65. The van der Waals surface area contributed by atoms with Gasteiger partial charge in [0.25, 0.3) is 0 Å². The minimum atomic E-state index is -1.09. The third kappa shape index (κ3) is 3.50. The Hall–Kier alpha value is -1.63.